The number of aromatic nitrogens is 1. The van der Waals surface area contributed by atoms with Crippen molar-refractivity contribution in [2.75, 3.05) is 18.0 Å². The summed E-state index contributed by atoms with van der Waals surface area (Å²) in [5, 5.41) is 9.97. The van der Waals surface area contributed by atoms with Gasteiger partial charge in [0, 0.05) is 30.9 Å². The molecule has 6 heteroatoms. The number of carbonyl (C=O) groups excluding carboxylic acids is 1. The van der Waals surface area contributed by atoms with E-state index in [9.17, 15) is 14.3 Å². The van der Waals surface area contributed by atoms with Crippen LogP contribution < -0.4 is 10.6 Å². The Bertz CT molecular complexity index is 976. The molecule has 2 unspecified atom stereocenters. The Kier molecular flexibility index (Phi) is 6.12. The highest BCUT2D eigenvalue weighted by Crippen LogP contribution is 2.59. The van der Waals surface area contributed by atoms with E-state index in [2.05, 4.69) is 9.88 Å². The zero-order valence-corrected chi connectivity index (χ0v) is 19.1. The number of carbonyl (C=O) groups is 1. The van der Waals surface area contributed by atoms with E-state index < -0.39 is 0 Å². The Balaban J connectivity index is 0.000000144. The molecular formula is C27H34FN3O2. The summed E-state index contributed by atoms with van der Waals surface area (Å²) >= 11 is 0. The SMILES string of the molecule is Fc1cc(-c2ccncc2)ccc1N1CCCCC1.NC(=O)C12CC3CC(C1)C(O)C(C3)C2. The number of aliphatic hydroxyl groups is 1. The number of nitrogens with zero attached hydrogens (tertiary/aromatic N) is 2. The number of primary amides is 1. The van der Waals surface area contributed by atoms with E-state index in [0.29, 0.717) is 17.8 Å². The average Bonchev–Trinajstić information content (AvgIpc) is 2.83. The standard InChI is InChI=1S/C16H17FN2.C11H17NO2/c17-15-12-14(13-6-8-18-9-7-13)4-5-16(15)19-10-2-1-3-11-19;12-10(14)11-3-6-1-7(4-11)9(13)8(2-6)5-11/h4-9,12H,1-3,10-11H2;6-9,13H,1-5H2,(H2,12,14). The van der Waals surface area contributed by atoms with Gasteiger partial charge in [0.25, 0.3) is 0 Å². The molecule has 5 nitrogen and oxygen atoms in total. The van der Waals surface area contributed by atoms with Crippen LogP contribution in [-0.4, -0.2) is 35.2 Å². The number of pyridine rings is 1. The van der Waals surface area contributed by atoms with Crippen LogP contribution >= 0.6 is 0 Å². The topological polar surface area (TPSA) is 79.5 Å². The lowest BCUT2D eigenvalue weighted by molar-refractivity contribution is -0.160. The van der Waals surface area contributed by atoms with E-state index in [1.54, 1.807) is 18.5 Å². The molecule has 1 aliphatic heterocycles. The molecule has 1 aromatic heterocycles. The number of amides is 1. The summed E-state index contributed by atoms with van der Waals surface area (Å²) in [4.78, 5) is 17.6. The van der Waals surface area contributed by atoms with Gasteiger partial charge in [-0.1, -0.05) is 6.07 Å². The van der Waals surface area contributed by atoms with Crippen LogP contribution in [0.15, 0.2) is 42.7 Å². The minimum absolute atomic E-state index is 0.121. The van der Waals surface area contributed by atoms with Crippen LogP contribution in [0.4, 0.5) is 10.1 Å². The van der Waals surface area contributed by atoms with Crippen molar-refractivity contribution in [3.8, 4) is 11.1 Å². The van der Waals surface area contributed by atoms with Crippen LogP contribution in [0.25, 0.3) is 11.1 Å². The van der Waals surface area contributed by atoms with E-state index in [1.807, 2.05) is 24.3 Å². The van der Waals surface area contributed by atoms with Gasteiger partial charge in [-0.25, -0.2) is 4.39 Å². The van der Waals surface area contributed by atoms with Gasteiger partial charge < -0.3 is 15.7 Å². The first-order valence-corrected chi connectivity index (χ1v) is 12.4. The molecule has 1 saturated heterocycles. The molecule has 5 fully saturated rings. The van der Waals surface area contributed by atoms with E-state index in [0.717, 1.165) is 74.8 Å². The molecule has 2 aromatic rings. The zero-order chi connectivity index (χ0) is 23.0. The fourth-order valence-electron chi connectivity index (χ4n) is 6.92. The molecular weight excluding hydrogens is 417 g/mol. The number of anilines is 1. The number of piperidine rings is 1. The fourth-order valence-corrected chi connectivity index (χ4v) is 6.92. The van der Waals surface area contributed by atoms with Crippen molar-refractivity contribution >= 4 is 11.6 Å². The van der Waals surface area contributed by atoms with Gasteiger partial charge in [0.15, 0.2) is 0 Å². The number of benzene rings is 1. The molecule has 5 aliphatic rings. The lowest BCUT2D eigenvalue weighted by Crippen LogP contribution is -2.57. The largest absolute Gasteiger partial charge is 0.393 e. The normalized spacial score (nSPS) is 32.2. The summed E-state index contributed by atoms with van der Waals surface area (Å²) in [7, 11) is 0. The Hall–Kier alpha value is -2.47. The predicted molar refractivity (Wildman–Crippen MR) is 127 cm³/mol. The van der Waals surface area contributed by atoms with Gasteiger partial charge in [-0.15, -0.1) is 0 Å². The van der Waals surface area contributed by atoms with Gasteiger partial charge in [-0.05, 0) is 105 Å². The minimum Gasteiger partial charge on any atom is -0.393 e. The van der Waals surface area contributed by atoms with Crippen LogP contribution in [0.2, 0.25) is 0 Å². The Morgan fingerprint density at radius 3 is 2.27 bits per heavy atom. The Morgan fingerprint density at radius 1 is 1.00 bits per heavy atom. The molecule has 3 N–H and O–H groups in total. The fraction of sp³-hybridized carbons (Fsp3) is 0.556. The molecule has 176 valence electrons. The molecule has 0 radical (unpaired) electrons. The van der Waals surface area contributed by atoms with Gasteiger partial charge in [0.05, 0.1) is 11.8 Å². The molecule has 0 spiro atoms. The van der Waals surface area contributed by atoms with Crippen molar-refractivity contribution in [3.05, 3.63) is 48.5 Å². The highest BCUT2D eigenvalue weighted by Gasteiger charge is 2.57. The summed E-state index contributed by atoms with van der Waals surface area (Å²) < 4.78 is 14.3. The molecule has 1 amide bonds. The minimum atomic E-state index is -0.240. The van der Waals surface area contributed by atoms with Crippen LogP contribution in [0.1, 0.15) is 51.4 Å². The molecule has 33 heavy (non-hydrogen) atoms. The second-order valence-corrected chi connectivity index (χ2v) is 10.6. The number of aliphatic hydroxyl groups excluding tert-OH is 1. The summed E-state index contributed by atoms with van der Waals surface area (Å²) in [5.41, 5.74) is 7.91. The number of hydrogen-bond acceptors (Lipinski definition) is 4. The monoisotopic (exact) mass is 451 g/mol. The van der Waals surface area contributed by atoms with Gasteiger partial charge in [0.1, 0.15) is 5.82 Å². The van der Waals surface area contributed by atoms with Gasteiger partial charge in [-0.3, -0.25) is 9.78 Å². The van der Waals surface area contributed by atoms with E-state index in [4.69, 9.17) is 5.73 Å². The summed E-state index contributed by atoms with van der Waals surface area (Å²) in [6, 6.07) is 9.31. The first-order valence-electron chi connectivity index (χ1n) is 12.4. The maximum Gasteiger partial charge on any atom is 0.223 e. The lowest BCUT2D eigenvalue weighted by Gasteiger charge is -2.57. The van der Waals surface area contributed by atoms with Gasteiger partial charge in [0.2, 0.25) is 5.91 Å². The van der Waals surface area contributed by atoms with Crippen molar-refractivity contribution in [1.82, 2.24) is 4.98 Å². The zero-order valence-electron chi connectivity index (χ0n) is 19.1. The van der Waals surface area contributed by atoms with Gasteiger partial charge >= 0.3 is 0 Å². The summed E-state index contributed by atoms with van der Waals surface area (Å²) in [6.07, 6.45) is 11.8. The first kappa shape index (κ1) is 22.3. The smallest absolute Gasteiger partial charge is 0.223 e. The second kappa shape index (κ2) is 9.05. The maximum absolute atomic E-state index is 14.3. The van der Waals surface area contributed by atoms with E-state index in [1.165, 1.54) is 6.42 Å². The predicted octanol–water partition coefficient (Wildman–Crippen LogP) is 4.54. The van der Waals surface area contributed by atoms with E-state index in [-0.39, 0.29) is 23.2 Å². The van der Waals surface area contributed by atoms with Crippen molar-refractivity contribution < 1.29 is 14.3 Å². The third kappa shape index (κ3) is 4.37. The van der Waals surface area contributed by atoms with Crippen LogP contribution in [-0.2, 0) is 4.79 Å². The molecule has 4 saturated carbocycles. The van der Waals surface area contributed by atoms with Crippen LogP contribution in [0.3, 0.4) is 0 Å². The van der Waals surface area contributed by atoms with Crippen molar-refractivity contribution in [2.45, 2.75) is 57.5 Å². The first-order chi connectivity index (χ1) is 15.9. The number of halogens is 1. The molecule has 2 atom stereocenters. The third-order valence-electron chi connectivity index (χ3n) is 8.40. The second-order valence-electron chi connectivity index (χ2n) is 10.6. The molecule has 7 rings (SSSR count). The quantitative estimate of drug-likeness (QED) is 0.718. The maximum atomic E-state index is 14.3. The Labute approximate surface area is 195 Å². The molecule has 4 bridgehead atoms. The third-order valence-corrected chi connectivity index (χ3v) is 8.40. The number of rotatable bonds is 3. The Morgan fingerprint density at radius 2 is 1.67 bits per heavy atom. The van der Waals surface area contributed by atoms with Crippen molar-refractivity contribution in [2.24, 2.45) is 28.9 Å². The highest BCUT2D eigenvalue weighted by atomic mass is 19.1. The van der Waals surface area contributed by atoms with Crippen LogP contribution in [0.5, 0.6) is 0 Å². The molecule has 2 heterocycles. The number of hydrogen-bond donors (Lipinski definition) is 2. The molecule has 4 aliphatic carbocycles. The van der Waals surface area contributed by atoms with Crippen LogP contribution in [0, 0.1) is 29.0 Å². The molecule has 1 aromatic carbocycles. The van der Waals surface area contributed by atoms with Gasteiger partial charge in [-0.2, -0.15) is 0 Å². The highest BCUT2D eigenvalue weighted by molar-refractivity contribution is 5.81. The summed E-state index contributed by atoms with van der Waals surface area (Å²) in [5.74, 6) is 1.12. The average molecular weight is 452 g/mol. The van der Waals surface area contributed by atoms with E-state index >= 15 is 0 Å². The van der Waals surface area contributed by atoms with Crippen molar-refractivity contribution in [3.63, 3.8) is 0 Å². The lowest BCUT2D eigenvalue weighted by atomic mass is 9.48. The van der Waals surface area contributed by atoms with Crippen molar-refractivity contribution in [1.29, 1.82) is 0 Å². The number of nitrogens with two attached hydrogens (primary N) is 1. The summed E-state index contributed by atoms with van der Waals surface area (Å²) in [6.45, 7) is 1.93.